The Bertz CT molecular complexity index is 445. The summed E-state index contributed by atoms with van der Waals surface area (Å²) in [6.07, 6.45) is 1.18. The van der Waals surface area contributed by atoms with E-state index in [1.807, 2.05) is 6.92 Å². The predicted octanol–water partition coefficient (Wildman–Crippen LogP) is 2.22. The minimum atomic E-state index is -0.510. The van der Waals surface area contributed by atoms with Crippen LogP contribution in [0.2, 0.25) is 0 Å². The third-order valence-corrected chi connectivity index (χ3v) is 4.26. The molecule has 4 nitrogen and oxygen atoms in total. The van der Waals surface area contributed by atoms with E-state index in [9.17, 15) is 14.7 Å². The number of nitrogens with one attached hydrogen (secondary N) is 1. The van der Waals surface area contributed by atoms with Gasteiger partial charge in [0.15, 0.2) is 5.78 Å². The zero-order chi connectivity index (χ0) is 14.4. The maximum atomic E-state index is 12.2. The summed E-state index contributed by atoms with van der Waals surface area (Å²) >= 11 is 2.10. The van der Waals surface area contributed by atoms with E-state index in [4.69, 9.17) is 0 Å². The van der Waals surface area contributed by atoms with Gasteiger partial charge in [-0.3, -0.25) is 9.59 Å². The number of carbonyl (C=O) groups is 2. The highest BCUT2D eigenvalue weighted by molar-refractivity contribution is 14.1. The molecule has 1 aromatic rings. The van der Waals surface area contributed by atoms with Crippen LogP contribution in [-0.4, -0.2) is 26.8 Å². The monoisotopic (exact) mass is 375 g/mol. The van der Waals surface area contributed by atoms with Crippen molar-refractivity contribution < 1.29 is 14.7 Å². The van der Waals surface area contributed by atoms with Gasteiger partial charge in [0.2, 0.25) is 5.91 Å². The topological polar surface area (TPSA) is 66.4 Å². The number of phenolic OH excluding ortho intramolecular Hbond substituents is 1. The summed E-state index contributed by atoms with van der Waals surface area (Å²) in [7, 11) is 0. The molecule has 0 fully saturated rings. The largest absolute Gasteiger partial charge is 0.508 e. The van der Waals surface area contributed by atoms with Crippen LogP contribution in [0, 0.1) is 0 Å². The van der Waals surface area contributed by atoms with Crippen LogP contribution in [0.1, 0.15) is 25.8 Å². The second-order valence-electron chi connectivity index (χ2n) is 4.40. The molecule has 0 aliphatic carbocycles. The number of halogens is 1. The first kappa shape index (κ1) is 15.9. The lowest BCUT2D eigenvalue weighted by molar-refractivity contribution is -0.126. The zero-order valence-electron chi connectivity index (χ0n) is 11.0. The molecule has 0 bridgehead atoms. The molecule has 0 aliphatic heterocycles. The van der Waals surface area contributed by atoms with Gasteiger partial charge in [-0.05, 0) is 30.5 Å². The number of aromatic hydroxyl groups is 1. The fourth-order valence-electron chi connectivity index (χ4n) is 1.76. The van der Waals surface area contributed by atoms with Crippen molar-refractivity contribution in [2.45, 2.75) is 36.7 Å². The van der Waals surface area contributed by atoms with Crippen LogP contribution in [0.5, 0.6) is 5.75 Å². The third kappa shape index (κ3) is 5.18. The first-order valence-electron chi connectivity index (χ1n) is 6.16. The number of hydrogen-bond acceptors (Lipinski definition) is 3. The molecule has 1 amide bonds. The lowest BCUT2D eigenvalue weighted by Gasteiger charge is -2.19. The Morgan fingerprint density at radius 1 is 1.32 bits per heavy atom. The van der Waals surface area contributed by atoms with Gasteiger partial charge in [-0.15, -0.1) is 0 Å². The molecule has 2 atom stereocenters. The average molecular weight is 375 g/mol. The van der Waals surface area contributed by atoms with Gasteiger partial charge in [-0.1, -0.05) is 41.6 Å². The van der Waals surface area contributed by atoms with Crippen LogP contribution in [-0.2, 0) is 16.0 Å². The number of ketones is 1. The normalized spacial score (nSPS) is 13.6. The van der Waals surface area contributed by atoms with Gasteiger partial charge in [0.25, 0.3) is 0 Å². The highest BCUT2D eigenvalue weighted by Crippen LogP contribution is 2.15. The molecule has 0 saturated heterocycles. The van der Waals surface area contributed by atoms with E-state index in [1.54, 1.807) is 24.3 Å². The number of carbonyl (C=O) groups excluding carboxylic acids is 2. The van der Waals surface area contributed by atoms with Crippen molar-refractivity contribution in [1.29, 1.82) is 0 Å². The zero-order valence-corrected chi connectivity index (χ0v) is 13.2. The van der Waals surface area contributed by atoms with E-state index >= 15 is 0 Å². The van der Waals surface area contributed by atoms with Crippen LogP contribution in [0.15, 0.2) is 24.3 Å². The molecule has 0 aliphatic rings. The number of benzene rings is 1. The fraction of sp³-hybridized carbons (Fsp3) is 0.429. The minimum Gasteiger partial charge on any atom is -0.508 e. The van der Waals surface area contributed by atoms with Gasteiger partial charge >= 0.3 is 0 Å². The van der Waals surface area contributed by atoms with Crippen LogP contribution in [0.3, 0.4) is 0 Å². The Morgan fingerprint density at radius 3 is 2.37 bits per heavy atom. The molecule has 0 saturated carbocycles. The molecule has 0 spiro atoms. The third-order valence-electron chi connectivity index (χ3n) is 2.76. The van der Waals surface area contributed by atoms with Gasteiger partial charge in [0, 0.05) is 6.92 Å². The van der Waals surface area contributed by atoms with Gasteiger partial charge in [0.05, 0.1) is 9.97 Å². The summed E-state index contributed by atoms with van der Waals surface area (Å²) in [5.74, 6) is 0.00897. The first-order valence-corrected chi connectivity index (χ1v) is 7.41. The summed E-state index contributed by atoms with van der Waals surface area (Å²) in [5.41, 5.74) is 0.907. The second-order valence-corrected chi connectivity index (χ2v) is 5.91. The smallest absolute Gasteiger partial charge is 0.217 e. The van der Waals surface area contributed by atoms with Gasteiger partial charge in [-0.2, -0.15) is 0 Å². The lowest BCUT2D eigenvalue weighted by Crippen LogP contribution is -2.44. The van der Waals surface area contributed by atoms with Crippen molar-refractivity contribution in [2.24, 2.45) is 0 Å². The number of hydrogen-bond donors (Lipinski definition) is 2. The Hall–Kier alpha value is -1.11. The van der Waals surface area contributed by atoms with E-state index in [1.165, 1.54) is 6.92 Å². The molecule has 1 rings (SSSR count). The van der Waals surface area contributed by atoms with E-state index in [0.29, 0.717) is 6.42 Å². The van der Waals surface area contributed by atoms with Crippen LogP contribution in [0.4, 0.5) is 0 Å². The van der Waals surface area contributed by atoms with Crippen molar-refractivity contribution in [3.63, 3.8) is 0 Å². The average Bonchev–Trinajstić information content (AvgIpc) is 2.38. The van der Waals surface area contributed by atoms with Crippen molar-refractivity contribution in [3.8, 4) is 5.75 Å². The number of amides is 1. The predicted molar refractivity (Wildman–Crippen MR) is 82.5 cm³/mol. The van der Waals surface area contributed by atoms with Gasteiger partial charge in [0.1, 0.15) is 5.75 Å². The molecular formula is C14H18INO3. The molecule has 0 radical (unpaired) electrons. The maximum absolute atomic E-state index is 12.2. The summed E-state index contributed by atoms with van der Waals surface area (Å²) in [4.78, 5) is 23.4. The lowest BCUT2D eigenvalue weighted by atomic mass is 9.99. The Balaban J connectivity index is 2.82. The van der Waals surface area contributed by atoms with Gasteiger partial charge in [-0.25, -0.2) is 0 Å². The number of Topliss-reactive ketones (excluding diaryl/α,β-unsaturated/α-hetero) is 1. The summed E-state index contributed by atoms with van der Waals surface area (Å²) in [6, 6.07) is 6.15. The van der Waals surface area contributed by atoms with Gasteiger partial charge < -0.3 is 10.4 Å². The molecule has 2 N–H and O–H groups in total. The minimum absolute atomic E-state index is 0.0337. The first-order chi connectivity index (χ1) is 8.93. The molecule has 1 aromatic carbocycles. The standard InChI is InChI=1S/C14H18INO3/c1-3-12(15)14(19)13(16-9(2)17)8-10-4-6-11(18)7-5-10/h4-7,12-13,18H,3,8H2,1-2H3,(H,16,17). The quantitative estimate of drug-likeness (QED) is 0.592. The highest BCUT2D eigenvalue weighted by atomic mass is 127. The Labute approximate surface area is 126 Å². The summed E-state index contributed by atoms with van der Waals surface area (Å²) in [5, 5.41) is 11.9. The second kappa shape index (κ2) is 7.47. The molecule has 2 unspecified atom stereocenters. The Morgan fingerprint density at radius 2 is 1.89 bits per heavy atom. The number of phenols is 1. The van der Waals surface area contributed by atoms with E-state index in [2.05, 4.69) is 27.9 Å². The van der Waals surface area contributed by atoms with E-state index in [-0.39, 0.29) is 21.4 Å². The molecule has 19 heavy (non-hydrogen) atoms. The van der Waals surface area contributed by atoms with Crippen LogP contribution in [0.25, 0.3) is 0 Å². The molecule has 0 aromatic heterocycles. The fourth-order valence-corrected chi connectivity index (χ4v) is 2.19. The number of rotatable bonds is 6. The summed E-state index contributed by atoms with van der Waals surface area (Å²) < 4.78 is -0.105. The van der Waals surface area contributed by atoms with Crippen molar-refractivity contribution in [2.75, 3.05) is 0 Å². The van der Waals surface area contributed by atoms with Crippen molar-refractivity contribution in [1.82, 2.24) is 5.32 Å². The molecule has 0 heterocycles. The van der Waals surface area contributed by atoms with E-state index in [0.717, 1.165) is 12.0 Å². The highest BCUT2D eigenvalue weighted by Gasteiger charge is 2.24. The number of alkyl halides is 1. The summed E-state index contributed by atoms with van der Waals surface area (Å²) in [6.45, 7) is 3.35. The van der Waals surface area contributed by atoms with E-state index < -0.39 is 6.04 Å². The SMILES string of the molecule is CCC(I)C(=O)C(Cc1ccc(O)cc1)NC(C)=O. The molecule has 5 heteroatoms. The maximum Gasteiger partial charge on any atom is 0.217 e. The Kier molecular flexibility index (Phi) is 6.27. The molecular weight excluding hydrogens is 357 g/mol. The van der Waals surface area contributed by atoms with Crippen molar-refractivity contribution in [3.05, 3.63) is 29.8 Å². The van der Waals surface area contributed by atoms with Crippen LogP contribution < -0.4 is 5.32 Å². The molecule has 104 valence electrons. The van der Waals surface area contributed by atoms with Crippen molar-refractivity contribution >= 4 is 34.3 Å². The van der Waals surface area contributed by atoms with Crippen LogP contribution >= 0.6 is 22.6 Å².